The molecule has 1 atom stereocenters. The van der Waals surface area contributed by atoms with Gasteiger partial charge in [-0.3, -0.25) is 20.0 Å². The van der Waals surface area contributed by atoms with Gasteiger partial charge in [0.05, 0.1) is 11.5 Å². The van der Waals surface area contributed by atoms with Crippen molar-refractivity contribution in [3.8, 4) is 5.75 Å². The topological polar surface area (TPSA) is 110 Å². The largest absolute Gasteiger partial charge is 0.489 e. The minimum atomic E-state index is -0.638. The summed E-state index contributed by atoms with van der Waals surface area (Å²) in [6, 6.07) is 6.81. The minimum Gasteiger partial charge on any atom is -0.489 e. The fraction of sp³-hybridized carbons (Fsp3) is 0.286. The molecule has 0 bridgehead atoms. The molecular weight excluding hydrogens is 324 g/mol. The molecule has 9 heteroatoms. The quantitative estimate of drug-likeness (QED) is 0.621. The van der Waals surface area contributed by atoms with Crippen LogP contribution in [0.5, 0.6) is 5.75 Å². The normalized spacial score (nSPS) is 11.8. The predicted molar refractivity (Wildman–Crippen MR) is 83.9 cm³/mol. The number of amides is 1. The summed E-state index contributed by atoms with van der Waals surface area (Å²) in [4.78, 5) is 22.3. The molecule has 23 heavy (non-hydrogen) atoms. The van der Waals surface area contributed by atoms with Crippen LogP contribution in [0.2, 0.25) is 5.02 Å². The van der Waals surface area contributed by atoms with Crippen LogP contribution in [0.25, 0.3) is 0 Å². The lowest BCUT2D eigenvalue weighted by molar-refractivity contribution is -0.385. The predicted octanol–water partition coefficient (Wildman–Crippen LogP) is 2.48. The fourth-order valence-corrected chi connectivity index (χ4v) is 2.04. The van der Waals surface area contributed by atoms with Crippen molar-refractivity contribution in [2.75, 3.05) is 6.54 Å². The molecule has 0 saturated carbocycles. The van der Waals surface area contributed by atoms with E-state index >= 15 is 0 Å². The molecule has 1 aromatic heterocycles. The number of aromatic amines is 1. The van der Waals surface area contributed by atoms with Gasteiger partial charge in [-0.1, -0.05) is 11.6 Å². The van der Waals surface area contributed by atoms with Crippen LogP contribution < -0.4 is 10.1 Å². The van der Waals surface area contributed by atoms with Crippen LogP contribution in [0, 0.1) is 17.0 Å². The Morgan fingerprint density at radius 3 is 2.74 bits per heavy atom. The zero-order valence-electron chi connectivity index (χ0n) is 12.5. The third-order valence-corrected chi connectivity index (χ3v) is 3.27. The number of aryl methyl sites for hydroxylation is 1. The third kappa shape index (κ3) is 4.19. The molecule has 0 radical (unpaired) electrons. The number of carbonyl (C=O) groups excluding carboxylic acids is 1. The number of halogens is 1. The van der Waals surface area contributed by atoms with Crippen molar-refractivity contribution in [2.24, 2.45) is 0 Å². The van der Waals surface area contributed by atoms with E-state index in [1.54, 1.807) is 31.2 Å². The summed E-state index contributed by atoms with van der Waals surface area (Å²) in [6.07, 6.45) is -0.334. The van der Waals surface area contributed by atoms with E-state index in [-0.39, 0.29) is 29.7 Å². The Balaban J connectivity index is 1.94. The second-order valence-electron chi connectivity index (χ2n) is 4.90. The number of carbonyl (C=O) groups is 1. The summed E-state index contributed by atoms with van der Waals surface area (Å²) in [7, 11) is 0. The molecule has 0 saturated heterocycles. The number of nitro groups is 1. The SMILES string of the molecule is Cc1[nH]nc(C(=O)NC[C@H](C)Oc2ccc(Cl)cc2)c1[N+](=O)[O-]. The average molecular weight is 339 g/mol. The number of nitrogens with zero attached hydrogens (tertiary/aromatic N) is 2. The first-order valence-electron chi connectivity index (χ1n) is 6.78. The van der Waals surface area contributed by atoms with Gasteiger partial charge in [0.15, 0.2) is 0 Å². The summed E-state index contributed by atoms with van der Waals surface area (Å²) in [5.74, 6) is -0.0228. The lowest BCUT2D eigenvalue weighted by atomic mass is 10.3. The number of hydrogen-bond donors (Lipinski definition) is 2. The van der Waals surface area contributed by atoms with Gasteiger partial charge in [0.1, 0.15) is 17.5 Å². The summed E-state index contributed by atoms with van der Waals surface area (Å²) in [5, 5.41) is 20.2. The van der Waals surface area contributed by atoms with E-state index in [0.717, 1.165) is 0 Å². The first-order valence-corrected chi connectivity index (χ1v) is 7.16. The molecular formula is C14H15ClN4O4. The van der Waals surface area contributed by atoms with Crippen molar-refractivity contribution < 1.29 is 14.5 Å². The molecule has 0 spiro atoms. The van der Waals surface area contributed by atoms with Gasteiger partial charge in [-0.05, 0) is 38.1 Å². The summed E-state index contributed by atoms with van der Waals surface area (Å²) >= 11 is 5.78. The van der Waals surface area contributed by atoms with Crippen LogP contribution in [-0.4, -0.2) is 33.7 Å². The molecule has 1 aromatic carbocycles. The number of benzene rings is 1. The zero-order chi connectivity index (χ0) is 17.0. The molecule has 8 nitrogen and oxygen atoms in total. The number of nitrogens with one attached hydrogen (secondary N) is 2. The van der Waals surface area contributed by atoms with Gasteiger partial charge in [-0.2, -0.15) is 5.10 Å². The highest BCUT2D eigenvalue weighted by molar-refractivity contribution is 6.30. The number of rotatable bonds is 6. The monoisotopic (exact) mass is 338 g/mol. The number of aromatic nitrogens is 2. The number of ether oxygens (including phenoxy) is 1. The van der Waals surface area contributed by atoms with Crippen molar-refractivity contribution in [1.29, 1.82) is 0 Å². The second-order valence-corrected chi connectivity index (χ2v) is 5.33. The Bertz CT molecular complexity index is 714. The maximum absolute atomic E-state index is 12.0. The van der Waals surface area contributed by atoms with Gasteiger partial charge in [0.25, 0.3) is 5.91 Å². The molecule has 1 amide bonds. The minimum absolute atomic E-state index is 0.171. The van der Waals surface area contributed by atoms with E-state index in [0.29, 0.717) is 10.8 Å². The molecule has 2 rings (SSSR count). The lowest BCUT2D eigenvalue weighted by Crippen LogP contribution is -2.34. The van der Waals surface area contributed by atoms with Gasteiger partial charge in [-0.25, -0.2) is 0 Å². The lowest BCUT2D eigenvalue weighted by Gasteiger charge is -2.15. The standard InChI is InChI=1S/C14H15ClN4O4/c1-8(23-11-5-3-10(15)4-6-11)7-16-14(20)12-13(19(21)22)9(2)17-18-12/h3-6,8H,7H2,1-2H3,(H,16,20)(H,17,18)/t8-/m0/s1. The third-order valence-electron chi connectivity index (χ3n) is 3.01. The maximum Gasteiger partial charge on any atom is 0.322 e. The Labute approximate surface area is 136 Å². The molecule has 1 heterocycles. The fourth-order valence-electron chi connectivity index (χ4n) is 1.91. The Kier molecular flexibility index (Phi) is 5.17. The van der Waals surface area contributed by atoms with E-state index in [9.17, 15) is 14.9 Å². The summed E-state index contributed by atoms with van der Waals surface area (Å²) < 4.78 is 5.60. The molecule has 122 valence electrons. The average Bonchev–Trinajstić information content (AvgIpc) is 2.89. The van der Waals surface area contributed by atoms with Gasteiger partial charge >= 0.3 is 5.69 Å². The molecule has 0 aliphatic heterocycles. The molecule has 0 unspecified atom stereocenters. The molecule has 0 aliphatic rings. The van der Waals surface area contributed by atoms with Gasteiger partial charge in [0.2, 0.25) is 5.69 Å². The molecule has 0 aliphatic carbocycles. The van der Waals surface area contributed by atoms with Crippen LogP contribution in [0.3, 0.4) is 0 Å². The van der Waals surface area contributed by atoms with E-state index < -0.39 is 10.8 Å². The highest BCUT2D eigenvalue weighted by Gasteiger charge is 2.27. The molecule has 2 aromatic rings. The van der Waals surface area contributed by atoms with Crippen LogP contribution in [-0.2, 0) is 0 Å². The maximum atomic E-state index is 12.0. The Morgan fingerprint density at radius 2 is 2.13 bits per heavy atom. The summed E-state index contributed by atoms with van der Waals surface area (Å²) in [6.45, 7) is 3.41. The number of H-pyrrole nitrogens is 1. The van der Waals surface area contributed by atoms with Crippen molar-refractivity contribution in [2.45, 2.75) is 20.0 Å². The highest BCUT2D eigenvalue weighted by atomic mass is 35.5. The second kappa shape index (κ2) is 7.10. The van der Waals surface area contributed by atoms with Crippen molar-refractivity contribution in [3.05, 3.63) is 50.8 Å². The van der Waals surface area contributed by atoms with Gasteiger partial charge in [-0.15, -0.1) is 0 Å². The van der Waals surface area contributed by atoms with Crippen LogP contribution in [0.15, 0.2) is 24.3 Å². The Morgan fingerprint density at radius 1 is 1.48 bits per heavy atom. The number of hydrogen-bond acceptors (Lipinski definition) is 5. The van der Waals surface area contributed by atoms with Gasteiger partial charge in [0, 0.05) is 5.02 Å². The van der Waals surface area contributed by atoms with Crippen molar-refractivity contribution >= 4 is 23.2 Å². The van der Waals surface area contributed by atoms with Crippen molar-refractivity contribution in [1.82, 2.24) is 15.5 Å². The highest BCUT2D eigenvalue weighted by Crippen LogP contribution is 2.20. The first-order chi connectivity index (χ1) is 10.9. The first kappa shape index (κ1) is 16.8. The van der Waals surface area contributed by atoms with Crippen molar-refractivity contribution in [3.63, 3.8) is 0 Å². The molecule has 0 fully saturated rings. The van der Waals surface area contributed by atoms with Crippen LogP contribution in [0.4, 0.5) is 5.69 Å². The van der Waals surface area contributed by atoms with E-state index in [4.69, 9.17) is 16.3 Å². The zero-order valence-corrected chi connectivity index (χ0v) is 13.3. The van der Waals surface area contributed by atoms with Crippen LogP contribution >= 0.6 is 11.6 Å². The van der Waals surface area contributed by atoms with Crippen LogP contribution in [0.1, 0.15) is 23.1 Å². The van der Waals surface area contributed by atoms with Gasteiger partial charge < -0.3 is 10.1 Å². The van der Waals surface area contributed by atoms with E-state index in [1.807, 2.05) is 0 Å². The summed E-state index contributed by atoms with van der Waals surface area (Å²) in [5.41, 5.74) is -0.342. The van der Waals surface area contributed by atoms with E-state index in [1.165, 1.54) is 6.92 Å². The molecule has 2 N–H and O–H groups in total. The Hall–Kier alpha value is -2.61. The smallest absolute Gasteiger partial charge is 0.322 e. The van der Waals surface area contributed by atoms with E-state index in [2.05, 4.69) is 15.5 Å².